The molecule has 0 saturated heterocycles. The van der Waals surface area contributed by atoms with Gasteiger partial charge in [-0.25, -0.2) is 0 Å². The molecule has 2 fully saturated rings. The minimum atomic E-state index is 0.301. The predicted octanol–water partition coefficient (Wildman–Crippen LogP) is 3.33. The van der Waals surface area contributed by atoms with Gasteiger partial charge in [0.25, 0.3) is 0 Å². The molecule has 0 N–H and O–H groups in total. The lowest BCUT2D eigenvalue weighted by atomic mass is 9.94. The van der Waals surface area contributed by atoms with Crippen LogP contribution >= 0.6 is 0 Å². The first-order valence-electron chi connectivity index (χ1n) is 7.02. The molecule has 2 nitrogen and oxygen atoms in total. The zero-order valence-electron chi connectivity index (χ0n) is 10.5. The van der Waals surface area contributed by atoms with Crippen molar-refractivity contribution in [2.75, 3.05) is 6.54 Å². The molecule has 2 aliphatic rings. The molecule has 90 valence electrons. The van der Waals surface area contributed by atoms with Crippen LogP contribution in [0.25, 0.3) is 0 Å². The van der Waals surface area contributed by atoms with E-state index in [1.165, 1.54) is 51.5 Å². The molecule has 2 rings (SSSR count). The Balaban J connectivity index is 2.03. The molecule has 2 saturated carbocycles. The van der Waals surface area contributed by atoms with Gasteiger partial charge in [-0.15, -0.1) is 0 Å². The molecule has 0 aromatic rings. The highest BCUT2D eigenvalue weighted by Gasteiger charge is 2.37. The quantitative estimate of drug-likeness (QED) is 0.679. The van der Waals surface area contributed by atoms with Gasteiger partial charge >= 0.3 is 0 Å². The monoisotopic (exact) mass is 220 g/mol. The smallest absolute Gasteiger partial charge is 0.0672 e. The summed E-state index contributed by atoms with van der Waals surface area (Å²) >= 11 is 0. The Labute approximate surface area is 99.6 Å². The number of nitrogens with zero attached hydrogens (tertiary/aromatic N) is 2. The Hall–Kier alpha value is -0.550. The van der Waals surface area contributed by atoms with E-state index < -0.39 is 0 Å². The van der Waals surface area contributed by atoms with Crippen LogP contribution in [0.5, 0.6) is 0 Å². The molecule has 16 heavy (non-hydrogen) atoms. The van der Waals surface area contributed by atoms with Crippen LogP contribution in [-0.2, 0) is 0 Å². The molecule has 0 aromatic carbocycles. The molecular weight excluding hydrogens is 196 g/mol. The van der Waals surface area contributed by atoms with Crippen molar-refractivity contribution in [2.45, 2.75) is 70.4 Å². The summed E-state index contributed by atoms with van der Waals surface area (Å²) in [6.07, 6.45) is 10.3. The predicted molar refractivity (Wildman–Crippen MR) is 66.0 cm³/mol. The molecule has 2 atom stereocenters. The number of rotatable bonds is 4. The van der Waals surface area contributed by atoms with Gasteiger partial charge in [-0.1, -0.05) is 26.2 Å². The topological polar surface area (TPSA) is 27.0 Å². The van der Waals surface area contributed by atoms with Crippen LogP contribution in [0, 0.1) is 17.2 Å². The zero-order valence-corrected chi connectivity index (χ0v) is 10.5. The Kier molecular flexibility index (Phi) is 4.23. The average Bonchev–Trinajstić information content (AvgIpc) is 3.12. The van der Waals surface area contributed by atoms with E-state index >= 15 is 0 Å². The summed E-state index contributed by atoms with van der Waals surface area (Å²) in [5.41, 5.74) is 0. The van der Waals surface area contributed by atoms with Crippen LogP contribution in [0.4, 0.5) is 0 Å². The molecule has 0 heterocycles. The van der Waals surface area contributed by atoms with Crippen molar-refractivity contribution in [1.29, 1.82) is 5.26 Å². The van der Waals surface area contributed by atoms with Crippen LogP contribution in [-0.4, -0.2) is 23.5 Å². The normalized spacial score (nSPS) is 31.1. The van der Waals surface area contributed by atoms with Gasteiger partial charge in [0.1, 0.15) is 0 Å². The van der Waals surface area contributed by atoms with Crippen molar-refractivity contribution in [1.82, 2.24) is 4.90 Å². The minimum absolute atomic E-state index is 0.301. The molecule has 0 aromatic heterocycles. The van der Waals surface area contributed by atoms with E-state index in [9.17, 15) is 5.26 Å². The van der Waals surface area contributed by atoms with Crippen LogP contribution in [0.15, 0.2) is 0 Å². The highest BCUT2D eigenvalue weighted by atomic mass is 15.2. The number of hydrogen-bond acceptors (Lipinski definition) is 2. The van der Waals surface area contributed by atoms with E-state index in [0.29, 0.717) is 12.0 Å². The number of hydrogen-bond donors (Lipinski definition) is 0. The van der Waals surface area contributed by atoms with Crippen molar-refractivity contribution in [3.05, 3.63) is 0 Å². The van der Waals surface area contributed by atoms with E-state index in [-0.39, 0.29) is 0 Å². The summed E-state index contributed by atoms with van der Waals surface area (Å²) in [6, 6.07) is 3.96. The minimum Gasteiger partial charge on any atom is -0.296 e. The van der Waals surface area contributed by atoms with Gasteiger partial charge in [-0.2, -0.15) is 5.26 Å². The van der Waals surface area contributed by atoms with Gasteiger partial charge in [-0.05, 0) is 38.6 Å². The van der Waals surface area contributed by atoms with Crippen molar-refractivity contribution in [3.8, 4) is 6.07 Å². The third-order valence-electron chi connectivity index (χ3n) is 4.07. The van der Waals surface area contributed by atoms with Gasteiger partial charge < -0.3 is 0 Å². The largest absolute Gasteiger partial charge is 0.296 e. The molecule has 0 aliphatic heterocycles. The van der Waals surface area contributed by atoms with E-state index in [1.54, 1.807) is 0 Å². The van der Waals surface area contributed by atoms with Crippen molar-refractivity contribution >= 4 is 0 Å². The van der Waals surface area contributed by atoms with Gasteiger partial charge in [0.05, 0.1) is 12.0 Å². The first-order chi connectivity index (χ1) is 7.86. The van der Waals surface area contributed by atoms with Crippen molar-refractivity contribution < 1.29 is 0 Å². The Morgan fingerprint density at radius 2 is 1.88 bits per heavy atom. The maximum Gasteiger partial charge on any atom is 0.0672 e. The Bertz CT molecular complexity index is 252. The fraction of sp³-hybridized carbons (Fsp3) is 0.929. The third-order valence-corrected chi connectivity index (χ3v) is 4.07. The molecule has 2 heteroatoms. The summed E-state index contributed by atoms with van der Waals surface area (Å²) in [5, 5.41) is 9.33. The van der Waals surface area contributed by atoms with E-state index in [0.717, 1.165) is 12.5 Å². The summed E-state index contributed by atoms with van der Waals surface area (Å²) in [4.78, 5) is 2.67. The van der Waals surface area contributed by atoms with E-state index in [4.69, 9.17) is 0 Å². The fourth-order valence-corrected chi connectivity index (χ4v) is 3.12. The summed E-state index contributed by atoms with van der Waals surface area (Å²) in [5.74, 6) is 0.301. The second-order valence-electron chi connectivity index (χ2n) is 5.41. The SMILES string of the molecule is CCCN(C1CC1)C1CCCCCC1C#N. The van der Waals surface area contributed by atoms with Gasteiger partial charge in [0.15, 0.2) is 0 Å². The van der Waals surface area contributed by atoms with Crippen LogP contribution < -0.4 is 0 Å². The summed E-state index contributed by atoms with van der Waals surface area (Å²) in [6.45, 7) is 3.46. The van der Waals surface area contributed by atoms with Crippen LogP contribution in [0.3, 0.4) is 0 Å². The summed E-state index contributed by atoms with van der Waals surface area (Å²) < 4.78 is 0. The first-order valence-corrected chi connectivity index (χ1v) is 7.02. The standard InChI is InChI=1S/C14H24N2/c1-2-10-16(13-8-9-13)14-7-5-3-4-6-12(14)11-15/h12-14H,2-10H2,1H3. The summed E-state index contributed by atoms with van der Waals surface area (Å²) in [7, 11) is 0. The fourth-order valence-electron chi connectivity index (χ4n) is 3.12. The van der Waals surface area contributed by atoms with E-state index in [2.05, 4.69) is 17.9 Å². The molecule has 2 unspecified atom stereocenters. The molecule has 0 amide bonds. The zero-order chi connectivity index (χ0) is 11.4. The molecule has 0 bridgehead atoms. The first kappa shape index (κ1) is 11.9. The second-order valence-corrected chi connectivity index (χ2v) is 5.41. The maximum atomic E-state index is 9.33. The Morgan fingerprint density at radius 3 is 2.50 bits per heavy atom. The second kappa shape index (κ2) is 5.68. The third kappa shape index (κ3) is 2.77. The van der Waals surface area contributed by atoms with Gasteiger partial charge in [-0.3, -0.25) is 4.90 Å². The molecule has 0 radical (unpaired) electrons. The highest BCUT2D eigenvalue weighted by molar-refractivity contribution is 4.98. The lowest BCUT2D eigenvalue weighted by molar-refractivity contribution is 0.144. The van der Waals surface area contributed by atoms with Crippen LogP contribution in [0.2, 0.25) is 0 Å². The molecule has 2 aliphatic carbocycles. The Morgan fingerprint density at radius 1 is 1.12 bits per heavy atom. The van der Waals surface area contributed by atoms with Gasteiger partial charge in [0, 0.05) is 12.1 Å². The molecule has 0 spiro atoms. The number of nitriles is 1. The average molecular weight is 220 g/mol. The maximum absolute atomic E-state index is 9.33. The lowest BCUT2D eigenvalue weighted by Gasteiger charge is -2.33. The van der Waals surface area contributed by atoms with Gasteiger partial charge in [0.2, 0.25) is 0 Å². The van der Waals surface area contributed by atoms with E-state index in [1.807, 2.05) is 0 Å². The van der Waals surface area contributed by atoms with Crippen molar-refractivity contribution in [2.24, 2.45) is 5.92 Å². The lowest BCUT2D eigenvalue weighted by Crippen LogP contribution is -2.41. The van der Waals surface area contributed by atoms with Crippen LogP contribution in [0.1, 0.15) is 58.3 Å². The van der Waals surface area contributed by atoms with Crippen molar-refractivity contribution in [3.63, 3.8) is 0 Å². The highest BCUT2D eigenvalue weighted by Crippen LogP contribution is 2.35. The molecular formula is C14H24N2.